The molecule has 0 bridgehead atoms. The molecule has 0 saturated carbocycles. The number of ether oxygens (including phenoxy) is 6. The van der Waals surface area contributed by atoms with E-state index in [4.69, 9.17) is 28.4 Å². The number of carbonyl (C=O) groups is 3. The van der Waals surface area contributed by atoms with Crippen LogP contribution in [-0.2, 0) is 14.2 Å². The molecule has 1 atom stereocenters. The normalized spacial score (nSPS) is 12.0. The standard InChI is InChI=1S/C30H32O9/c1-5-30(39-29(33)23-14-8-11-17-26(23)36-4,20-38-28(32)22-13-7-10-16-25(22)35-3)18-19-37-27(31)21-12-6-9-15-24(21)34-2/h6-17H,5,18-20H2,1-4H3. The highest BCUT2D eigenvalue weighted by molar-refractivity contribution is 5.94. The van der Waals surface area contributed by atoms with Crippen LogP contribution in [0.3, 0.4) is 0 Å². The fourth-order valence-corrected chi connectivity index (χ4v) is 3.88. The van der Waals surface area contributed by atoms with Gasteiger partial charge in [-0.3, -0.25) is 0 Å². The topological polar surface area (TPSA) is 107 Å². The quantitative estimate of drug-likeness (QED) is 0.217. The van der Waals surface area contributed by atoms with E-state index < -0.39 is 23.5 Å². The zero-order valence-corrected chi connectivity index (χ0v) is 22.4. The molecule has 3 rings (SSSR count). The first-order chi connectivity index (χ1) is 18.9. The predicted molar refractivity (Wildman–Crippen MR) is 143 cm³/mol. The Morgan fingerprint density at radius 3 is 1.46 bits per heavy atom. The van der Waals surface area contributed by atoms with E-state index in [9.17, 15) is 14.4 Å². The Morgan fingerprint density at radius 2 is 1.03 bits per heavy atom. The summed E-state index contributed by atoms with van der Waals surface area (Å²) in [5, 5.41) is 0. The minimum atomic E-state index is -1.31. The monoisotopic (exact) mass is 536 g/mol. The van der Waals surface area contributed by atoms with E-state index in [0.29, 0.717) is 17.2 Å². The number of esters is 3. The van der Waals surface area contributed by atoms with Crippen molar-refractivity contribution in [1.82, 2.24) is 0 Å². The van der Waals surface area contributed by atoms with Crippen molar-refractivity contribution in [3.05, 3.63) is 89.5 Å². The Labute approximate surface area is 227 Å². The molecule has 0 saturated heterocycles. The Kier molecular flexibility index (Phi) is 10.3. The van der Waals surface area contributed by atoms with E-state index in [0.717, 1.165) is 0 Å². The van der Waals surface area contributed by atoms with Gasteiger partial charge in [-0.25, -0.2) is 14.4 Å². The van der Waals surface area contributed by atoms with Gasteiger partial charge in [0.05, 0.1) is 27.9 Å². The van der Waals surface area contributed by atoms with Gasteiger partial charge in [-0.15, -0.1) is 0 Å². The van der Waals surface area contributed by atoms with E-state index in [2.05, 4.69) is 0 Å². The van der Waals surface area contributed by atoms with Crippen molar-refractivity contribution in [1.29, 1.82) is 0 Å². The number of rotatable bonds is 13. The molecule has 0 aliphatic rings. The lowest BCUT2D eigenvalue weighted by Crippen LogP contribution is -2.41. The fraction of sp³-hybridized carbons (Fsp3) is 0.300. The van der Waals surface area contributed by atoms with Crippen LogP contribution in [0.25, 0.3) is 0 Å². The molecule has 0 fully saturated rings. The number of hydrogen-bond acceptors (Lipinski definition) is 9. The van der Waals surface area contributed by atoms with Gasteiger partial charge in [0.25, 0.3) is 0 Å². The highest BCUT2D eigenvalue weighted by Crippen LogP contribution is 2.28. The van der Waals surface area contributed by atoms with Crippen LogP contribution in [0.15, 0.2) is 72.8 Å². The third kappa shape index (κ3) is 7.28. The average molecular weight is 537 g/mol. The van der Waals surface area contributed by atoms with Crippen LogP contribution in [0.1, 0.15) is 50.8 Å². The highest BCUT2D eigenvalue weighted by Gasteiger charge is 2.36. The van der Waals surface area contributed by atoms with Crippen molar-refractivity contribution in [3.63, 3.8) is 0 Å². The molecule has 0 heterocycles. The molecule has 1 unspecified atom stereocenters. The summed E-state index contributed by atoms with van der Waals surface area (Å²) in [5.41, 5.74) is -0.615. The summed E-state index contributed by atoms with van der Waals surface area (Å²) in [6, 6.07) is 19.9. The van der Waals surface area contributed by atoms with Gasteiger partial charge >= 0.3 is 17.9 Å². The smallest absolute Gasteiger partial charge is 0.342 e. The highest BCUT2D eigenvalue weighted by atomic mass is 16.6. The maximum atomic E-state index is 13.2. The number of carbonyl (C=O) groups excluding carboxylic acids is 3. The van der Waals surface area contributed by atoms with Gasteiger partial charge < -0.3 is 28.4 Å². The van der Waals surface area contributed by atoms with Crippen molar-refractivity contribution >= 4 is 17.9 Å². The molecule has 0 N–H and O–H groups in total. The van der Waals surface area contributed by atoms with E-state index in [1.807, 2.05) is 0 Å². The van der Waals surface area contributed by atoms with Crippen molar-refractivity contribution in [2.75, 3.05) is 34.5 Å². The van der Waals surface area contributed by atoms with E-state index in [-0.39, 0.29) is 42.7 Å². The minimum absolute atomic E-state index is 0.0600. The minimum Gasteiger partial charge on any atom is -0.496 e. The predicted octanol–water partition coefficient (Wildman–Crippen LogP) is 5.12. The first-order valence-corrected chi connectivity index (χ1v) is 12.3. The van der Waals surface area contributed by atoms with E-state index >= 15 is 0 Å². The average Bonchev–Trinajstić information content (AvgIpc) is 2.99. The van der Waals surface area contributed by atoms with E-state index in [1.54, 1.807) is 79.7 Å². The summed E-state index contributed by atoms with van der Waals surface area (Å²) in [7, 11) is 4.36. The Morgan fingerprint density at radius 1 is 0.615 bits per heavy atom. The van der Waals surface area contributed by atoms with Crippen LogP contribution in [0.4, 0.5) is 0 Å². The van der Waals surface area contributed by atoms with Gasteiger partial charge in [0.15, 0.2) is 0 Å². The van der Waals surface area contributed by atoms with Crippen LogP contribution in [0, 0.1) is 0 Å². The summed E-state index contributed by atoms with van der Waals surface area (Å²) in [4.78, 5) is 38.9. The largest absolute Gasteiger partial charge is 0.496 e. The van der Waals surface area contributed by atoms with Crippen molar-refractivity contribution in [2.45, 2.75) is 25.4 Å². The third-order valence-electron chi connectivity index (χ3n) is 6.19. The Bertz CT molecular complexity index is 1290. The zero-order valence-electron chi connectivity index (χ0n) is 22.4. The molecule has 0 spiro atoms. The number of hydrogen-bond donors (Lipinski definition) is 0. The molecule has 0 amide bonds. The molecule has 0 radical (unpaired) electrons. The molecule has 3 aromatic rings. The second-order valence-corrected chi connectivity index (χ2v) is 8.49. The van der Waals surface area contributed by atoms with Gasteiger partial charge in [-0.05, 0) is 42.8 Å². The van der Waals surface area contributed by atoms with Gasteiger partial charge in [0, 0.05) is 6.42 Å². The number of para-hydroxylation sites is 3. The summed E-state index contributed by atoms with van der Waals surface area (Å²) in [5.74, 6) is -0.858. The lowest BCUT2D eigenvalue weighted by Gasteiger charge is -2.32. The second-order valence-electron chi connectivity index (χ2n) is 8.49. The van der Waals surface area contributed by atoms with Crippen LogP contribution in [0.5, 0.6) is 17.2 Å². The van der Waals surface area contributed by atoms with Crippen LogP contribution < -0.4 is 14.2 Å². The second kappa shape index (κ2) is 13.9. The van der Waals surface area contributed by atoms with Crippen LogP contribution in [-0.4, -0.2) is 58.1 Å². The first kappa shape index (κ1) is 29.0. The molecular weight excluding hydrogens is 504 g/mol. The van der Waals surface area contributed by atoms with Crippen molar-refractivity contribution in [3.8, 4) is 17.2 Å². The zero-order chi connectivity index (χ0) is 28.3. The maximum Gasteiger partial charge on any atom is 0.342 e. The molecule has 9 heteroatoms. The van der Waals surface area contributed by atoms with Crippen LogP contribution >= 0.6 is 0 Å². The number of benzene rings is 3. The molecule has 3 aromatic carbocycles. The third-order valence-corrected chi connectivity index (χ3v) is 6.19. The summed E-state index contributed by atoms with van der Waals surface area (Å²) >= 11 is 0. The lowest BCUT2D eigenvalue weighted by atomic mass is 9.97. The van der Waals surface area contributed by atoms with Crippen molar-refractivity contribution in [2.24, 2.45) is 0 Å². The fourth-order valence-electron chi connectivity index (χ4n) is 3.88. The Balaban J connectivity index is 1.81. The maximum absolute atomic E-state index is 13.2. The number of methoxy groups -OCH3 is 3. The Hall–Kier alpha value is -4.53. The van der Waals surface area contributed by atoms with Crippen LogP contribution in [0.2, 0.25) is 0 Å². The molecule has 0 aliphatic heterocycles. The SMILES string of the molecule is CCC(CCOC(=O)c1ccccc1OC)(COC(=O)c1ccccc1OC)OC(=O)c1ccccc1OC. The summed E-state index contributed by atoms with van der Waals surface area (Å²) < 4.78 is 32.8. The van der Waals surface area contributed by atoms with Crippen molar-refractivity contribution < 1.29 is 42.8 Å². The van der Waals surface area contributed by atoms with Gasteiger partial charge in [-0.2, -0.15) is 0 Å². The molecule has 39 heavy (non-hydrogen) atoms. The molecule has 206 valence electrons. The molecular formula is C30H32O9. The molecule has 0 aromatic heterocycles. The summed E-state index contributed by atoms with van der Waals surface area (Å²) in [6.45, 7) is 1.39. The van der Waals surface area contributed by atoms with Gasteiger partial charge in [0.2, 0.25) is 0 Å². The van der Waals surface area contributed by atoms with Gasteiger partial charge in [0.1, 0.15) is 46.1 Å². The summed E-state index contributed by atoms with van der Waals surface area (Å²) in [6.07, 6.45) is 0.323. The molecule has 0 aliphatic carbocycles. The lowest BCUT2D eigenvalue weighted by molar-refractivity contribution is -0.0689. The first-order valence-electron chi connectivity index (χ1n) is 12.3. The van der Waals surface area contributed by atoms with Gasteiger partial charge in [-0.1, -0.05) is 43.3 Å². The molecule has 9 nitrogen and oxygen atoms in total. The van der Waals surface area contributed by atoms with E-state index in [1.165, 1.54) is 21.3 Å².